The van der Waals surface area contributed by atoms with Crippen LogP contribution in [0.3, 0.4) is 0 Å². The van der Waals surface area contributed by atoms with Crippen LogP contribution in [0.4, 0.5) is 9.18 Å². The van der Waals surface area contributed by atoms with Gasteiger partial charge in [0.05, 0.1) is 0 Å². The van der Waals surface area contributed by atoms with Gasteiger partial charge in [-0.2, -0.15) is 0 Å². The minimum Gasteiger partial charge on any atom is -0.479 e. The van der Waals surface area contributed by atoms with Crippen LogP contribution in [0.5, 0.6) is 0 Å². The molecule has 1 saturated carbocycles. The Kier molecular flexibility index (Phi) is 4.98. The van der Waals surface area contributed by atoms with Crippen molar-refractivity contribution in [2.75, 3.05) is 0 Å². The second-order valence-corrected chi connectivity index (χ2v) is 7.38. The number of hydrogen-bond acceptors (Lipinski definition) is 3. The van der Waals surface area contributed by atoms with E-state index in [0.29, 0.717) is 10.0 Å². The number of aliphatic carboxylic acids is 1. The van der Waals surface area contributed by atoms with E-state index in [4.69, 9.17) is 4.74 Å². The van der Waals surface area contributed by atoms with Gasteiger partial charge in [0.25, 0.3) is 0 Å². The zero-order chi connectivity index (χ0) is 17.4. The molecule has 0 radical (unpaired) electrons. The quantitative estimate of drug-likeness (QED) is 0.843. The van der Waals surface area contributed by atoms with E-state index >= 15 is 0 Å². The monoisotopic (exact) mass is 387 g/mol. The average molecular weight is 388 g/mol. The molecule has 0 bridgehead atoms. The van der Waals surface area contributed by atoms with Gasteiger partial charge in [-0.1, -0.05) is 22.0 Å². The third kappa shape index (κ3) is 4.43. The Labute approximate surface area is 142 Å². The van der Waals surface area contributed by atoms with Gasteiger partial charge in [0, 0.05) is 16.1 Å². The molecule has 5 nitrogen and oxygen atoms in total. The van der Waals surface area contributed by atoms with Gasteiger partial charge < -0.3 is 9.84 Å². The van der Waals surface area contributed by atoms with E-state index in [9.17, 15) is 19.1 Å². The highest BCUT2D eigenvalue weighted by Gasteiger charge is 2.44. The first-order chi connectivity index (χ1) is 10.6. The van der Waals surface area contributed by atoms with Crippen LogP contribution in [0.25, 0.3) is 0 Å². The van der Waals surface area contributed by atoms with Crippen LogP contribution < -0.4 is 0 Å². The molecule has 1 unspecified atom stereocenters. The first kappa shape index (κ1) is 17.7. The predicted molar refractivity (Wildman–Crippen MR) is 85.6 cm³/mol. The molecule has 1 aliphatic rings. The molecule has 0 saturated heterocycles. The lowest BCUT2D eigenvalue weighted by Gasteiger charge is -2.32. The Bertz CT molecular complexity index is 625. The zero-order valence-electron chi connectivity index (χ0n) is 13.2. The van der Waals surface area contributed by atoms with Gasteiger partial charge in [-0.15, -0.1) is 0 Å². The number of carbonyl (C=O) groups excluding carboxylic acids is 1. The van der Waals surface area contributed by atoms with E-state index in [1.165, 1.54) is 23.1 Å². The van der Waals surface area contributed by atoms with Gasteiger partial charge in [-0.05, 0) is 45.7 Å². The molecule has 0 spiro atoms. The summed E-state index contributed by atoms with van der Waals surface area (Å²) in [6.07, 6.45) is 0.771. The first-order valence-corrected chi connectivity index (χ1v) is 8.08. The number of rotatable bonds is 4. The van der Waals surface area contributed by atoms with E-state index in [1.807, 2.05) is 0 Å². The summed E-state index contributed by atoms with van der Waals surface area (Å²) in [7, 11) is 0. The molecule has 1 aromatic rings. The van der Waals surface area contributed by atoms with Crippen molar-refractivity contribution >= 4 is 28.0 Å². The largest absolute Gasteiger partial charge is 0.479 e. The van der Waals surface area contributed by atoms with Crippen molar-refractivity contribution < 1.29 is 23.8 Å². The Morgan fingerprint density at radius 2 is 2.00 bits per heavy atom. The molecule has 1 aromatic carbocycles. The van der Waals surface area contributed by atoms with E-state index in [1.54, 1.807) is 20.8 Å². The van der Waals surface area contributed by atoms with Crippen LogP contribution in [-0.2, 0) is 9.53 Å². The van der Waals surface area contributed by atoms with Gasteiger partial charge in [0.2, 0.25) is 0 Å². The number of benzene rings is 1. The number of ether oxygens (including phenoxy) is 1. The molecule has 126 valence electrons. The number of amides is 1. The van der Waals surface area contributed by atoms with Crippen molar-refractivity contribution in [2.45, 2.75) is 51.3 Å². The van der Waals surface area contributed by atoms with Gasteiger partial charge in [-0.25, -0.2) is 14.0 Å². The van der Waals surface area contributed by atoms with Gasteiger partial charge >= 0.3 is 12.1 Å². The first-order valence-electron chi connectivity index (χ1n) is 7.29. The minimum absolute atomic E-state index is 0.178. The van der Waals surface area contributed by atoms with Crippen LogP contribution in [-0.4, -0.2) is 33.7 Å². The molecule has 1 fully saturated rings. The number of hydrogen-bond donors (Lipinski definition) is 1. The Balaban J connectivity index is 2.40. The molecular formula is C16H19BrFNO4. The third-order valence-corrected chi connectivity index (χ3v) is 4.00. The fraction of sp³-hybridized carbons (Fsp3) is 0.500. The third-order valence-electron chi connectivity index (χ3n) is 3.31. The molecule has 1 atom stereocenters. The number of nitrogens with zero attached hydrogens (tertiary/aromatic N) is 1. The lowest BCUT2D eigenvalue weighted by molar-refractivity contribution is -0.143. The van der Waals surface area contributed by atoms with Crippen LogP contribution in [0.15, 0.2) is 22.7 Å². The normalized spacial score (nSPS) is 15.9. The highest BCUT2D eigenvalue weighted by molar-refractivity contribution is 9.10. The fourth-order valence-electron chi connectivity index (χ4n) is 2.26. The van der Waals surface area contributed by atoms with Crippen molar-refractivity contribution in [2.24, 2.45) is 0 Å². The van der Waals surface area contributed by atoms with Crippen molar-refractivity contribution in [1.29, 1.82) is 0 Å². The summed E-state index contributed by atoms with van der Waals surface area (Å²) in [4.78, 5) is 25.5. The minimum atomic E-state index is -1.23. The molecular weight excluding hydrogens is 369 g/mol. The van der Waals surface area contributed by atoms with Crippen LogP contribution in [0.1, 0.15) is 45.2 Å². The van der Waals surface area contributed by atoms with E-state index < -0.39 is 29.5 Å². The van der Waals surface area contributed by atoms with Gasteiger partial charge in [0.15, 0.2) is 6.04 Å². The molecule has 0 aliphatic heterocycles. The molecule has 23 heavy (non-hydrogen) atoms. The molecule has 2 rings (SSSR count). The maximum Gasteiger partial charge on any atom is 0.411 e. The summed E-state index contributed by atoms with van der Waals surface area (Å²) in [5.74, 6) is -1.67. The smallest absolute Gasteiger partial charge is 0.411 e. The highest BCUT2D eigenvalue weighted by Crippen LogP contribution is 2.38. The van der Waals surface area contributed by atoms with Crippen LogP contribution in [0.2, 0.25) is 0 Å². The SMILES string of the molecule is CC(C)(C)OC(=O)N(C1CC1)C(C(=O)O)c1ccc(F)cc1Br. The number of carbonyl (C=O) groups is 2. The summed E-state index contributed by atoms with van der Waals surface area (Å²) in [6.45, 7) is 5.17. The van der Waals surface area contributed by atoms with E-state index in [0.717, 1.165) is 12.8 Å². The maximum atomic E-state index is 13.3. The molecule has 1 aliphatic carbocycles. The molecule has 1 amide bonds. The Hall–Kier alpha value is -1.63. The fourth-order valence-corrected chi connectivity index (χ4v) is 2.83. The zero-order valence-corrected chi connectivity index (χ0v) is 14.8. The lowest BCUT2D eigenvalue weighted by atomic mass is 10.1. The Morgan fingerprint density at radius 1 is 1.39 bits per heavy atom. The second-order valence-electron chi connectivity index (χ2n) is 6.53. The summed E-state index contributed by atoms with van der Waals surface area (Å²) in [5.41, 5.74) is -0.413. The summed E-state index contributed by atoms with van der Waals surface area (Å²) < 4.78 is 18.9. The number of carboxylic acid groups (broad SMARTS) is 1. The topological polar surface area (TPSA) is 66.8 Å². The van der Waals surface area contributed by atoms with Gasteiger partial charge in [0.1, 0.15) is 11.4 Å². The average Bonchev–Trinajstić information content (AvgIpc) is 3.18. The molecule has 0 heterocycles. The van der Waals surface area contributed by atoms with Gasteiger partial charge in [-0.3, -0.25) is 4.90 Å². The second kappa shape index (κ2) is 6.47. The number of carboxylic acids is 1. The number of halogens is 2. The van der Waals surface area contributed by atoms with Crippen LogP contribution >= 0.6 is 15.9 Å². The standard InChI is InChI=1S/C16H19BrFNO4/c1-16(2,3)23-15(22)19(10-5-6-10)13(14(20)21)11-7-4-9(18)8-12(11)17/h4,7-8,10,13H,5-6H2,1-3H3,(H,20,21). The molecule has 1 N–H and O–H groups in total. The van der Waals surface area contributed by atoms with Crippen molar-refractivity contribution in [3.8, 4) is 0 Å². The summed E-state index contributed by atoms with van der Waals surface area (Å²) in [5, 5.41) is 9.65. The summed E-state index contributed by atoms with van der Waals surface area (Å²) in [6, 6.07) is 2.33. The highest BCUT2D eigenvalue weighted by atomic mass is 79.9. The lowest BCUT2D eigenvalue weighted by Crippen LogP contribution is -2.43. The summed E-state index contributed by atoms with van der Waals surface area (Å²) >= 11 is 3.18. The predicted octanol–water partition coefficient (Wildman–Crippen LogP) is 4.11. The van der Waals surface area contributed by atoms with E-state index in [-0.39, 0.29) is 6.04 Å². The van der Waals surface area contributed by atoms with E-state index in [2.05, 4.69) is 15.9 Å². The van der Waals surface area contributed by atoms with Crippen molar-refractivity contribution in [1.82, 2.24) is 4.90 Å². The molecule has 7 heteroatoms. The van der Waals surface area contributed by atoms with Crippen molar-refractivity contribution in [3.05, 3.63) is 34.1 Å². The maximum absolute atomic E-state index is 13.3. The molecule has 0 aromatic heterocycles. The van der Waals surface area contributed by atoms with Crippen molar-refractivity contribution in [3.63, 3.8) is 0 Å². The Morgan fingerprint density at radius 3 is 2.43 bits per heavy atom. The van der Waals surface area contributed by atoms with Crippen LogP contribution in [0, 0.1) is 5.82 Å².